The molecule has 1 aliphatic rings. The zero-order valence-corrected chi connectivity index (χ0v) is 12.2. The Labute approximate surface area is 115 Å². The van der Waals surface area contributed by atoms with Gasteiger partial charge in [0.15, 0.2) is 5.82 Å². The molecular formula is C14H25N3O2. The average Bonchev–Trinajstić information content (AvgIpc) is 2.86. The van der Waals surface area contributed by atoms with E-state index in [0.717, 1.165) is 18.1 Å². The van der Waals surface area contributed by atoms with Crippen molar-refractivity contribution in [2.75, 3.05) is 14.2 Å². The van der Waals surface area contributed by atoms with Crippen LogP contribution in [0.1, 0.15) is 44.3 Å². The fourth-order valence-electron chi connectivity index (χ4n) is 2.85. The van der Waals surface area contributed by atoms with Crippen LogP contribution in [0.2, 0.25) is 0 Å². The average molecular weight is 267 g/mol. The molecule has 3 atom stereocenters. The normalized spacial score (nSPS) is 25.4. The van der Waals surface area contributed by atoms with E-state index in [-0.39, 0.29) is 6.10 Å². The van der Waals surface area contributed by atoms with Gasteiger partial charge in [0.2, 0.25) is 5.89 Å². The van der Waals surface area contributed by atoms with E-state index in [4.69, 9.17) is 9.26 Å². The highest BCUT2D eigenvalue weighted by atomic mass is 16.5. The minimum absolute atomic E-state index is 0.130. The number of nitrogens with zero attached hydrogens (tertiary/aromatic N) is 2. The highest BCUT2D eigenvalue weighted by Crippen LogP contribution is 2.27. The first-order valence-corrected chi connectivity index (χ1v) is 7.24. The summed E-state index contributed by atoms with van der Waals surface area (Å²) in [6, 6.07) is 0.585. The second-order valence-electron chi connectivity index (χ2n) is 5.50. The number of nitrogens with one attached hydrogen (secondary N) is 1. The molecule has 19 heavy (non-hydrogen) atoms. The van der Waals surface area contributed by atoms with Gasteiger partial charge in [-0.1, -0.05) is 18.0 Å². The van der Waals surface area contributed by atoms with Crippen molar-refractivity contribution in [3.8, 4) is 0 Å². The number of hydrogen-bond donors (Lipinski definition) is 1. The number of ether oxygens (including phenoxy) is 1. The SMILES string of the molecule is CNC1CCCCC1Cc1nc(CC(C)OC)no1. The van der Waals surface area contributed by atoms with E-state index >= 15 is 0 Å². The quantitative estimate of drug-likeness (QED) is 0.854. The summed E-state index contributed by atoms with van der Waals surface area (Å²) in [6.07, 6.45) is 6.86. The van der Waals surface area contributed by atoms with Crippen LogP contribution in [0.4, 0.5) is 0 Å². The Morgan fingerprint density at radius 2 is 2.21 bits per heavy atom. The molecule has 3 unspecified atom stereocenters. The van der Waals surface area contributed by atoms with Crippen molar-refractivity contribution in [2.45, 2.75) is 57.6 Å². The van der Waals surface area contributed by atoms with E-state index in [9.17, 15) is 0 Å². The molecule has 1 aliphatic carbocycles. The molecule has 1 heterocycles. The second kappa shape index (κ2) is 7.01. The fraction of sp³-hybridized carbons (Fsp3) is 0.857. The maximum Gasteiger partial charge on any atom is 0.226 e. The zero-order valence-electron chi connectivity index (χ0n) is 12.2. The molecule has 5 nitrogen and oxygen atoms in total. The molecule has 0 aliphatic heterocycles. The predicted octanol–water partition coefficient (Wildman–Crippen LogP) is 1.97. The third-order valence-electron chi connectivity index (χ3n) is 4.10. The van der Waals surface area contributed by atoms with Gasteiger partial charge in [0.25, 0.3) is 0 Å². The first-order chi connectivity index (χ1) is 9.22. The van der Waals surface area contributed by atoms with E-state index < -0.39 is 0 Å². The second-order valence-corrected chi connectivity index (χ2v) is 5.50. The number of hydrogen-bond acceptors (Lipinski definition) is 5. The molecule has 0 bridgehead atoms. The van der Waals surface area contributed by atoms with Crippen LogP contribution in [0.3, 0.4) is 0 Å². The van der Waals surface area contributed by atoms with Crippen LogP contribution < -0.4 is 5.32 Å². The lowest BCUT2D eigenvalue weighted by atomic mass is 9.82. The largest absolute Gasteiger partial charge is 0.381 e. The first-order valence-electron chi connectivity index (χ1n) is 7.24. The Morgan fingerprint density at radius 3 is 2.95 bits per heavy atom. The maximum atomic E-state index is 5.36. The van der Waals surface area contributed by atoms with E-state index in [0.29, 0.717) is 18.4 Å². The monoisotopic (exact) mass is 267 g/mol. The molecule has 0 aromatic carbocycles. The highest BCUT2D eigenvalue weighted by Gasteiger charge is 2.25. The van der Waals surface area contributed by atoms with Crippen LogP contribution in [-0.2, 0) is 17.6 Å². The van der Waals surface area contributed by atoms with Gasteiger partial charge in [-0.05, 0) is 32.7 Å². The Bertz CT molecular complexity index is 381. The van der Waals surface area contributed by atoms with Crippen LogP contribution in [0, 0.1) is 5.92 Å². The van der Waals surface area contributed by atoms with Gasteiger partial charge in [0.05, 0.1) is 6.10 Å². The summed E-state index contributed by atoms with van der Waals surface area (Å²) in [5.74, 6) is 2.14. The van der Waals surface area contributed by atoms with Gasteiger partial charge in [-0.15, -0.1) is 0 Å². The van der Waals surface area contributed by atoms with Gasteiger partial charge in [-0.3, -0.25) is 0 Å². The molecule has 1 fully saturated rings. The molecule has 2 rings (SSSR count). The van der Waals surface area contributed by atoms with Crippen molar-refractivity contribution in [1.29, 1.82) is 0 Å². The lowest BCUT2D eigenvalue weighted by molar-refractivity contribution is 0.116. The molecule has 0 spiro atoms. The van der Waals surface area contributed by atoms with Crippen molar-refractivity contribution >= 4 is 0 Å². The van der Waals surface area contributed by atoms with E-state index in [1.54, 1.807) is 7.11 Å². The number of aromatic nitrogens is 2. The lowest BCUT2D eigenvalue weighted by Crippen LogP contribution is -2.37. The third-order valence-corrected chi connectivity index (χ3v) is 4.10. The minimum Gasteiger partial charge on any atom is -0.381 e. The van der Waals surface area contributed by atoms with Gasteiger partial charge >= 0.3 is 0 Å². The zero-order chi connectivity index (χ0) is 13.7. The number of rotatable bonds is 6. The lowest BCUT2D eigenvalue weighted by Gasteiger charge is -2.30. The topological polar surface area (TPSA) is 60.2 Å². The van der Waals surface area contributed by atoms with Crippen molar-refractivity contribution < 1.29 is 9.26 Å². The van der Waals surface area contributed by atoms with Gasteiger partial charge in [-0.25, -0.2) is 0 Å². The molecular weight excluding hydrogens is 242 g/mol. The van der Waals surface area contributed by atoms with Gasteiger partial charge in [-0.2, -0.15) is 4.98 Å². The fourth-order valence-corrected chi connectivity index (χ4v) is 2.85. The summed E-state index contributed by atoms with van der Waals surface area (Å²) in [5, 5.41) is 7.45. The maximum absolute atomic E-state index is 5.36. The Hall–Kier alpha value is -0.940. The summed E-state index contributed by atoms with van der Waals surface area (Å²) in [7, 11) is 3.74. The molecule has 5 heteroatoms. The van der Waals surface area contributed by atoms with Crippen LogP contribution in [-0.4, -0.2) is 36.4 Å². The van der Waals surface area contributed by atoms with Crippen LogP contribution >= 0.6 is 0 Å². The molecule has 0 radical (unpaired) electrons. The molecule has 108 valence electrons. The van der Waals surface area contributed by atoms with Gasteiger partial charge in [0, 0.05) is 26.0 Å². The van der Waals surface area contributed by atoms with Crippen molar-refractivity contribution in [2.24, 2.45) is 5.92 Å². The summed E-state index contributed by atoms with van der Waals surface area (Å²) in [6.45, 7) is 2.01. The van der Waals surface area contributed by atoms with Crippen LogP contribution in [0.15, 0.2) is 4.52 Å². The van der Waals surface area contributed by atoms with E-state index in [1.165, 1.54) is 25.7 Å². The standard InChI is InChI=1S/C14H25N3O2/c1-10(18-3)8-13-16-14(19-17-13)9-11-6-4-5-7-12(11)15-2/h10-12,15H,4-9H2,1-3H3. The van der Waals surface area contributed by atoms with Crippen LogP contribution in [0.25, 0.3) is 0 Å². The smallest absolute Gasteiger partial charge is 0.226 e. The van der Waals surface area contributed by atoms with Crippen molar-refractivity contribution in [1.82, 2.24) is 15.5 Å². The Balaban J connectivity index is 1.91. The third kappa shape index (κ3) is 4.01. The molecule has 1 saturated carbocycles. The molecule has 0 saturated heterocycles. The van der Waals surface area contributed by atoms with Gasteiger partial charge in [0.1, 0.15) is 0 Å². The van der Waals surface area contributed by atoms with Crippen LogP contribution in [0.5, 0.6) is 0 Å². The Kier molecular flexibility index (Phi) is 5.34. The summed E-state index contributed by atoms with van der Waals surface area (Å²) < 4.78 is 10.6. The van der Waals surface area contributed by atoms with E-state index in [1.807, 2.05) is 14.0 Å². The van der Waals surface area contributed by atoms with Gasteiger partial charge < -0.3 is 14.6 Å². The van der Waals surface area contributed by atoms with Crippen molar-refractivity contribution in [3.05, 3.63) is 11.7 Å². The summed E-state index contributed by atoms with van der Waals surface area (Å²) >= 11 is 0. The summed E-state index contributed by atoms with van der Waals surface area (Å²) in [5.41, 5.74) is 0. The number of methoxy groups -OCH3 is 1. The molecule has 0 amide bonds. The highest BCUT2D eigenvalue weighted by molar-refractivity contribution is 4.92. The predicted molar refractivity (Wildman–Crippen MR) is 73.0 cm³/mol. The molecule has 1 aromatic rings. The Morgan fingerprint density at radius 1 is 1.42 bits per heavy atom. The molecule has 1 aromatic heterocycles. The molecule has 1 N–H and O–H groups in total. The van der Waals surface area contributed by atoms with Crippen molar-refractivity contribution in [3.63, 3.8) is 0 Å². The summed E-state index contributed by atoms with van der Waals surface area (Å²) in [4.78, 5) is 4.48. The van der Waals surface area contributed by atoms with E-state index in [2.05, 4.69) is 15.5 Å². The minimum atomic E-state index is 0.130. The first kappa shape index (κ1) is 14.5.